The Kier molecular flexibility index (Phi) is 6.64. The molecule has 0 unspecified atom stereocenters. The summed E-state index contributed by atoms with van der Waals surface area (Å²) in [6.45, 7) is 3.92. The summed E-state index contributed by atoms with van der Waals surface area (Å²) in [5, 5.41) is 20.6. The lowest BCUT2D eigenvalue weighted by Crippen LogP contribution is -2.51. The third-order valence-electron chi connectivity index (χ3n) is 5.44. The van der Waals surface area contributed by atoms with Gasteiger partial charge in [0.25, 0.3) is 0 Å². The number of aromatic nitrogens is 1. The molecule has 0 bridgehead atoms. The molecule has 30 heavy (non-hydrogen) atoms. The van der Waals surface area contributed by atoms with Crippen molar-refractivity contribution in [1.29, 1.82) is 0 Å². The molecular weight excluding hydrogens is 377 g/mol. The molecule has 3 aromatic rings. The van der Waals surface area contributed by atoms with Crippen LogP contribution in [0.2, 0.25) is 0 Å². The maximum atomic E-state index is 8.58. The first-order chi connectivity index (χ1) is 14.7. The Morgan fingerprint density at radius 1 is 1.00 bits per heavy atom. The highest BCUT2D eigenvalue weighted by Gasteiger charge is 2.27. The van der Waals surface area contributed by atoms with Crippen LogP contribution in [0, 0.1) is 0 Å². The number of anilines is 1. The Morgan fingerprint density at radius 3 is 2.53 bits per heavy atom. The van der Waals surface area contributed by atoms with Gasteiger partial charge >= 0.3 is 7.12 Å². The van der Waals surface area contributed by atoms with Crippen molar-refractivity contribution in [2.75, 3.05) is 31.1 Å². The van der Waals surface area contributed by atoms with E-state index in [0.29, 0.717) is 11.5 Å². The number of hydrogen-bond acceptors (Lipinski definition) is 6. The first kappa shape index (κ1) is 20.4. The van der Waals surface area contributed by atoms with Gasteiger partial charge in [-0.1, -0.05) is 36.4 Å². The number of rotatable bonds is 2. The van der Waals surface area contributed by atoms with E-state index in [0.717, 1.165) is 38.4 Å². The zero-order chi connectivity index (χ0) is 20.8. The first-order valence-electron chi connectivity index (χ1n) is 10.3. The van der Waals surface area contributed by atoms with E-state index in [1.54, 1.807) is 24.3 Å². The van der Waals surface area contributed by atoms with Gasteiger partial charge in [0, 0.05) is 44.5 Å². The summed E-state index contributed by atoms with van der Waals surface area (Å²) in [5.74, 6) is 1.01. The third-order valence-corrected chi connectivity index (χ3v) is 5.44. The first-order valence-corrected chi connectivity index (χ1v) is 10.3. The van der Waals surface area contributed by atoms with Crippen molar-refractivity contribution in [2.45, 2.75) is 12.5 Å². The second-order valence-corrected chi connectivity index (χ2v) is 7.39. The number of nitrogens with zero attached hydrogens (tertiary/aromatic N) is 2. The van der Waals surface area contributed by atoms with Gasteiger partial charge in [-0.2, -0.15) is 0 Å². The maximum absolute atomic E-state index is 8.58. The van der Waals surface area contributed by atoms with Gasteiger partial charge in [-0.05, 0) is 40.9 Å². The predicted octanol–water partition coefficient (Wildman–Crippen LogP) is 1.68. The quantitative estimate of drug-likeness (QED) is 0.566. The molecule has 1 saturated heterocycles. The van der Waals surface area contributed by atoms with E-state index in [4.69, 9.17) is 14.8 Å². The number of ether oxygens (including phenoxy) is 1. The molecule has 3 heterocycles. The van der Waals surface area contributed by atoms with Crippen LogP contribution in [0.3, 0.4) is 0 Å². The summed E-state index contributed by atoms with van der Waals surface area (Å²) in [6, 6.07) is 19.8. The van der Waals surface area contributed by atoms with Crippen molar-refractivity contribution < 1.29 is 14.8 Å². The smallest absolute Gasteiger partial charge is 0.488 e. The zero-order valence-electron chi connectivity index (χ0n) is 16.8. The number of nitrogens with one attached hydrogen (secondary N) is 1. The minimum atomic E-state index is -1.34. The van der Waals surface area contributed by atoms with Crippen LogP contribution < -0.4 is 20.4 Å². The number of pyridine rings is 1. The van der Waals surface area contributed by atoms with Gasteiger partial charge in [0.2, 0.25) is 0 Å². The summed E-state index contributed by atoms with van der Waals surface area (Å²) >= 11 is 0. The fourth-order valence-electron chi connectivity index (χ4n) is 3.85. The number of benzene rings is 2. The molecule has 1 atom stereocenters. The van der Waals surface area contributed by atoms with Crippen LogP contribution in [0.1, 0.15) is 6.42 Å². The lowest BCUT2D eigenvalue weighted by atomic mass is 9.81. The molecule has 5 rings (SSSR count). The molecule has 1 fully saturated rings. The van der Waals surface area contributed by atoms with E-state index in [1.807, 2.05) is 18.5 Å². The molecule has 0 amide bonds. The Morgan fingerprint density at radius 2 is 1.80 bits per heavy atom. The van der Waals surface area contributed by atoms with Crippen LogP contribution in [0.25, 0.3) is 11.1 Å². The molecule has 154 valence electrons. The van der Waals surface area contributed by atoms with Gasteiger partial charge in [0.1, 0.15) is 5.75 Å². The van der Waals surface area contributed by atoms with Crippen LogP contribution >= 0.6 is 0 Å². The topological polar surface area (TPSA) is 77.9 Å². The molecule has 0 aliphatic carbocycles. The number of piperazine rings is 1. The Bertz CT molecular complexity index is 941. The highest BCUT2D eigenvalue weighted by molar-refractivity contribution is 6.58. The molecule has 2 aromatic carbocycles. The summed E-state index contributed by atoms with van der Waals surface area (Å²) in [7, 11) is -1.34. The molecular formula is C23H26BN3O3. The highest BCUT2D eigenvalue weighted by atomic mass is 16.5. The maximum Gasteiger partial charge on any atom is 0.488 e. The lowest BCUT2D eigenvalue weighted by Gasteiger charge is -2.36. The molecule has 0 saturated carbocycles. The standard InChI is InChI=1S/C17H19N3O.C6H7BO2/c1-2-17-16(11-14(1)13-3-6-18-7-4-13)20-9-8-19-12-15(20)5-10-21-17;8-7(9)6-4-2-1-3-5-6/h1-4,6-7,11,15,19H,5,8-10,12H2;1-5,8-9H/t15-;/m0./s1. The molecule has 2 aliphatic heterocycles. The molecule has 6 nitrogen and oxygen atoms in total. The SMILES string of the molecule is OB(O)c1ccccc1.c1cc(-c2ccc3c(c2)N2CCNC[C@@H]2CCO3)ccn1. The van der Waals surface area contributed by atoms with E-state index >= 15 is 0 Å². The van der Waals surface area contributed by atoms with Gasteiger partial charge < -0.3 is 25.0 Å². The predicted molar refractivity (Wildman–Crippen MR) is 120 cm³/mol. The monoisotopic (exact) mass is 403 g/mol. The fraction of sp³-hybridized carbons (Fsp3) is 0.261. The van der Waals surface area contributed by atoms with E-state index in [9.17, 15) is 0 Å². The zero-order valence-corrected chi connectivity index (χ0v) is 16.8. The van der Waals surface area contributed by atoms with Crippen LogP contribution in [-0.4, -0.2) is 54.4 Å². The number of hydrogen-bond donors (Lipinski definition) is 3. The molecule has 0 spiro atoms. The average molecular weight is 403 g/mol. The van der Waals surface area contributed by atoms with Gasteiger partial charge in [-0.25, -0.2) is 0 Å². The van der Waals surface area contributed by atoms with Crippen molar-refractivity contribution in [3.8, 4) is 16.9 Å². The molecule has 7 heteroatoms. The fourth-order valence-corrected chi connectivity index (χ4v) is 3.85. The molecule has 1 aromatic heterocycles. The average Bonchev–Trinajstić information content (AvgIpc) is 2.99. The van der Waals surface area contributed by atoms with Crippen molar-refractivity contribution in [3.05, 3.63) is 73.1 Å². The van der Waals surface area contributed by atoms with E-state index in [1.165, 1.54) is 16.8 Å². The van der Waals surface area contributed by atoms with Crippen molar-refractivity contribution in [2.24, 2.45) is 0 Å². The Labute approximate surface area is 177 Å². The number of fused-ring (bicyclic) bond motifs is 3. The summed E-state index contributed by atoms with van der Waals surface area (Å²) < 4.78 is 5.95. The molecule has 2 aliphatic rings. The normalized spacial score (nSPS) is 17.4. The van der Waals surface area contributed by atoms with Gasteiger partial charge in [0.05, 0.1) is 12.3 Å². The Balaban J connectivity index is 0.000000204. The van der Waals surface area contributed by atoms with E-state index in [2.05, 4.69) is 45.5 Å². The third kappa shape index (κ3) is 4.82. The highest BCUT2D eigenvalue weighted by Crippen LogP contribution is 2.37. The van der Waals surface area contributed by atoms with Gasteiger partial charge in [-0.3, -0.25) is 4.98 Å². The summed E-state index contributed by atoms with van der Waals surface area (Å²) in [5.41, 5.74) is 4.17. The largest absolute Gasteiger partial charge is 0.491 e. The summed E-state index contributed by atoms with van der Waals surface area (Å²) in [6.07, 6.45) is 4.75. The van der Waals surface area contributed by atoms with Crippen LogP contribution in [0.5, 0.6) is 5.75 Å². The van der Waals surface area contributed by atoms with Crippen LogP contribution in [0.15, 0.2) is 73.1 Å². The second kappa shape index (κ2) is 9.76. The molecule has 0 radical (unpaired) electrons. The minimum absolute atomic E-state index is 0.525. The van der Waals surface area contributed by atoms with Gasteiger partial charge in [0.15, 0.2) is 0 Å². The Hall–Kier alpha value is -2.87. The van der Waals surface area contributed by atoms with Crippen LogP contribution in [-0.2, 0) is 0 Å². The van der Waals surface area contributed by atoms with Crippen molar-refractivity contribution in [1.82, 2.24) is 10.3 Å². The lowest BCUT2D eigenvalue weighted by molar-refractivity contribution is 0.304. The van der Waals surface area contributed by atoms with Crippen molar-refractivity contribution in [3.63, 3.8) is 0 Å². The van der Waals surface area contributed by atoms with Crippen molar-refractivity contribution >= 4 is 18.3 Å². The van der Waals surface area contributed by atoms with Gasteiger partial charge in [-0.15, -0.1) is 0 Å². The molecule has 3 N–H and O–H groups in total. The minimum Gasteiger partial charge on any atom is -0.491 e. The van der Waals surface area contributed by atoms with Crippen LogP contribution in [0.4, 0.5) is 5.69 Å². The summed E-state index contributed by atoms with van der Waals surface area (Å²) in [4.78, 5) is 6.60. The second-order valence-electron chi connectivity index (χ2n) is 7.39. The van der Waals surface area contributed by atoms with E-state index < -0.39 is 7.12 Å². The van der Waals surface area contributed by atoms with E-state index in [-0.39, 0.29) is 0 Å².